The Balaban J connectivity index is 1.92. The smallest absolute Gasteiger partial charge is 0.124 e. The summed E-state index contributed by atoms with van der Waals surface area (Å²) in [7, 11) is 0. The number of rotatable bonds is 4. The van der Waals surface area contributed by atoms with Gasteiger partial charge in [-0.3, -0.25) is 4.98 Å². The van der Waals surface area contributed by atoms with Crippen molar-refractivity contribution in [3.63, 3.8) is 0 Å². The van der Waals surface area contributed by atoms with Crippen LogP contribution in [0, 0.1) is 6.92 Å². The number of nitrogens with two attached hydrogens (primary N) is 1. The third-order valence-corrected chi connectivity index (χ3v) is 2.55. The number of ether oxygens (including phenoxy) is 1. The summed E-state index contributed by atoms with van der Waals surface area (Å²) in [6.45, 7) is 2.62. The molecule has 0 unspecified atom stereocenters. The van der Waals surface area contributed by atoms with Gasteiger partial charge in [0.1, 0.15) is 5.75 Å². The van der Waals surface area contributed by atoms with Gasteiger partial charge in [0.2, 0.25) is 0 Å². The van der Waals surface area contributed by atoms with Crippen LogP contribution >= 0.6 is 0 Å². The monoisotopic (exact) mass is 228 g/mol. The molecule has 0 aliphatic heterocycles. The van der Waals surface area contributed by atoms with E-state index < -0.39 is 0 Å². The van der Waals surface area contributed by atoms with Crippen molar-refractivity contribution in [1.82, 2.24) is 4.98 Å². The van der Waals surface area contributed by atoms with E-state index in [1.54, 1.807) is 6.20 Å². The van der Waals surface area contributed by atoms with Crippen molar-refractivity contribution in [2.45, 2.75) is 13.3 Å². The van der Waals surface area contributed by atoms with Gasteiger partial charge in [0.05, 0.1) is 6.61 Å². The molecule has 3 heteroatoms. The molecule has 2 rings (SSSR count). The first-order valence-electron chi connectivity index (χ1n) is 5.64. The SMILES string of the molecule is Cc1ccc(N)cc1OCCc1ccccn1. The number of nitrogen functional groups attached to an aromatic ring is 1. The Morgan fingerprint density at radius 3 is 2.88 bits per heavy atom. The second kappa shape index (κ2) is 5.34. The highest BCUT2D eigenvalue weighted by Crippen LogP contribution is 2.20. The molecule has 0 radical (unpaired) electrons. The summed E-state index contributed by atoms with van der Waals surface area (Å²) in [6.07, 6.45) is 2.59. The van der Waals surface area contributed by atoms with Crippen LogP contribution in [-0.4, -0.2) is 11.6 Å². The molecular formula is C14H16N2O. The van der Waals surface area contributed by atoms with Gasteiger partial charge in [-0.2, -0.15) is 0 Å². The van der Waals surface area contributed by atoms with Crippen LogP contribution in [0.2, 0.25) is 0 Å². The van der Waals surface area contributed by atoms with Crippen molar-refractivity contribution in [3.05, 3.63) is 53.9 Å². The van der Waals surface area contributed by atoms with Crippen molar-refractivity contribution in [2.75, 3.05) is 12.3 Å². The number of pyridine rings is 1. The molecule has 1 heterocycles. The zero-order valence-electron chi connectivity index (χ0n) is 9.89. The normalized spacial score (nSPS) is 10.2. The van der Waals surface area contributed by atoms with Gasteiger partial charge in [0, 0.05) is 30.1 Å². The van der Waals surface area contributed by atoms with Crippen LogP contribution in [0.1, 0.15) is 11.3 Å². The Morgan fingerprint density at radius 2 is 2.12 bits per heavy atom. The number of hydrogen-bond acceptors (Lipinski definition) is 3. The molecule has 0 atom stereocenters. The van der Waals surface area contributed by atoms with Crippen LogP contribution in [0.5, 0.6) is 5.75 Å². The Hall–Kier alpha value is -2.03. The maximum atomic E-state index is 5.72. The highest BCUT2D eigenvalue weighted by Gasteiger charge is 2.00. The van der Waals surface area contributed by atoms with Gasteiger partial charge in [0.15, 0.2) is 0 Å². The second-order valence-corrected chi connectivity index (χ2v) is 3.94. The van der Waals surface area contributed by atoms with Crippen molar-refractivity contribution in [2.24, 2.45) is 0 Å². The number of hydrogen-bond donors (Lipinski definition) is 1. The highest BCUT2D eigenvalue weighted by molar-refractivity contribution is 5.47. The van der Waals surface area contributed by atoms with Crippen molar-refractivity contribution >= 4 is 5.69 Å². The third-order valence-electron chi connectivity index (χ3n) is 2.55. The number of benzene rings is 1. The van der Waals surface area contributed by atoms with Crippen LogP contribution in [0.3, 0.4) is 0 Å². The van der Waals surface area contributed by atoms with E-state index in [1.165, 1.54) is 0 Å². The molecule has 0 spiro atoms. The predicted octanol–water partition coefficient (Wildman–Crippen LogP) is 2.59. The molecule has 0 saturated heterocycles. The lowest BCUT2D eigenvalue weighted by Gasteiger charge is -2.09. The maximum Gasteiger partial charge on any atom is 0.124 e. The van der Waals surface area contributed by atoms with Gasteiger partial charge in [-0.25, -0.2) is 0 Å². The molecule has 1 aromatic carbocycles. The fraction of sp³-hybridized carbons (Fsp3) is 0.214. The summed E-state index contributed by atoms with van der Waals surface area (Å²) in [6, 6.07) is 11.6. The Kier molecular flexibility index (Phi) is 3.60. The minimum atomic E-state index is 0.612. The standard InChI is InChI=1S/C14H16N2O/c1-11-5-6-12(15)10-14(11)17-9-7-13-4-2-3-8-16-13/h2-6,8,10H,7,9,15H2,1H3. The molecule has 2 aromatic rings. The Morgan fingerprint density at radius 1 is 1.24 bits per heavy atom. The van der Waals surface area contributed by atoms with Gasteiger partial charge in [-0.15, -0.1) is 0 Å². The van der Waals surface area contributed by atoms with Crippen LogP contribution in [0.4, 0.5) is 5.69 Å². The maximum absolute atomic E-state index is 5.72. The van der Waals surface area contributed by atoms with Crippen molar-refractivity contribution < 1.29 is 4.74 Å². The fourth-order valence-corrected chi connectivity index (χ4v) is 1.58. The molecule has 2 N–H and O–H groups in total. The van der Waals surface area contributed by atoms with E-state index in [0.717, 1.165) is 29.1 Å². The second-order valence-electron chi connectivity index (χ2n) is 3.94. The van der Waals surface area contributed by atoms with Gasteiger partial charge < -0.3 is 10.5 Å². The fourth-order valence-electron chi connectivity index (χ4n) is 1.58. The highest BCUT2D eigenvalue weighted by atomic mass is 16.5. The van der Waals surface area contributed by atoms with E-state index in [2.05, 4.69) is 4.98 Å². The molecule has 3 nitrogen and oxygen atoms in total. The summed E-state index contributed by atoms with van der Waals surface area (Å²) in [5.41, 5.74) is 8.58. The van der Waals surface area contributed by atoms with Crippen LogP contribution < -0.4 is 10.5 Å². The van der Waals surface area contributed by atoms with Gasteiger partial charge in [-0.1, -0.05) is 12.1 Å². The summed E-state index contributed by atoms with van der Waals surface area (Å²) >= 11 is 0. The minimum absolute atomic E-state index is 0.612. The lowest BCUT2D eigenvalue weighted by Crippen LogP contribution is -2.04. The molecule has 0 saturated carbocycles. The van der Waals surface area contributed by atoms with Crippen LogP contribution in [0.15, 0.2) is 42.6 Å². The van der Waals surface area contributed by atoms with E-state index in [0.29, 0.717) is 6.61 Å². The quantitative estimate of drug-likeness (QED) is 0.818. The molecule has 0 aliphatic carbocycles. The summed E-state index contributed by atoms with van der Waals surface area (Å²) < 4.78 is 5.70. The zero-order chi connectivity index (χ0) is 12.1. The Bertz CT molecular complexity index is 483. The first-order chi connectivity index (χ1) is 8.25. The van der Waals surface area contributed by atoms with Gasteiger partial charge in [0.25, 0.3) is 0 Å². The summed E-state index contributed by atoms with van der Waals surface area (Å²) in [5.74, 6) is 0.848. The van der Waals surface area contributed by atoms with Crippen molar-refractivity contribution in [1.29, 1.82) is 0 Å². The molecule has 0 amide bonds. The largest absolute Gasteiger partial charge is 0.493 e. The summed E-state index contributed by atoms with van der Waals surface area (Å²) in [4.78, 5) is 4.25. The zero-order valence-corrected chi connectivity index (χ0v) is 9.89. The van der Waals surface area contributed by atoms with E-state index >= 15 is 0 Å². The molecule has 1 aromatic heterocycles. The molecular weight excluding hydrogens is 212 g/mol. The first kappa shape index (κ1) is 11.5. The average molecular weight is 228 g/mol. The lowest BCUT2D eigenvalue weighted by molar-refractivity contribution is 0.318. The molecule has 17 heavy (non-hydrogen) atoms. The molecule has 0 bridgehead atoms. The van der Waals surface area contributed by atoms with E-state index in [1.807, 2.05) is 43.3 Å². The topological polar surface area (TPSA) is 48.1 Å². The minimum Gasteiger partial charge on any atom is -0.493 e. The van der Waals surface area contributed by atoms with E-state index in [9.17, 15) is 0 Å². The van der Waals surface area contributed by atoms with Crippen LogP contribution in [-0.2, 0) is 6.42 Å². The lowest BCUT2D eigenvalue weighted by atomic mass is 10.2. The van der Waals surface area contributed by atoms with Crippen LogP contribution in [0.25, 0.3) is 0 Å². The predicted molar refractivity (Wildman–Crippen MR) is 69.0 cm³/mol. The molecule has 88 valence electrons. The molecule has 0 aliphatic rings. The number of aromatic nitrogens is 1. The van der Waals surface area contributed by atoms with Gasteiger partial charge >= 0.3 is 0 Å². The summed E-state index contributed by atoms with van der Waals surface area (Å²) in [5, 5.41) is 0. The number of anilines is 1. The third kappa shape index (κ3) is 3.21. The van der Waals surface area contributed by atoms with Crippen molar-refractivity contribution in [3.8, 4) is 5.75 Å². The Labute approximate surface area is 101 Å². The van der Waals surface area contributed by atoms with Gasteiger partial charge in [-0.05, 0) is 30.7 Å². The number of nitrogens with zero attached hydrogens (tertiary/aromatic N) is 1. The van der Waals surface area contributed by atoms with E-state index in [-0.39, 0.29) is 0 Å². The number of aryl methyl sites for hydroxylation is 1. The average Bonchev–Trinajstić information content (AvgIpc) is 2.35. The first-order valence-corrected chi connectivity index (χ1v) is 5.64. The van der Waals surface area contributed by atoms with E-state index in [4.69, 9.17) is 10.5 Å². The molecule has 0 fully saturated rings.